The van der Waals surface area contributed by atoms with Crippen molar-refractivity contribution >= 4 is 38.9 Å². The Morgan fingerprint density at radius 2 is 2.31 bits per heavy atom. The van der Waals surface area contributed by atoms with Gasteiger partial charge in [-0.1, -0.05) is 0 Å². The Balaban J connectivity index is 2.97. The molecule has 0 fully saturated rings. The highest BCUT2D eigenvalue weighted by molar-refractivity contribution is 9.10. The van der Waals surface area contributed by atoms with Gasteiger partial charge in [0.05, 0.1) is 5.56 Å². The average molecular weight is 256 g/mol. The van der Waals surface area contributed by atoms with Crippen LogP contribution in [0.3, 0.4) is 0 Å². The third-order valence-corrected chi connectivity index (χ3v) is 2.12. The first-order chi connectivity index (χ1) is 6.13. The molecule has 0 saturated heterocycles. The van der Waals surface area contributed by atoms with Gasteiger partial charge in [-0.2, -0.15) is 5.26 Å². The molecule has 0 unspecified atom stereocenters. The minimum Gasteiger partial charge on any atom is -0.376 e. The van der Waals surface area contributed by atoms with Crippen molar-refractivity contribution in [1.82, 2.24) is 0 Å². The predicted octanol–water partition coefficient (Wildman–Crippen LogP) is 1.98. The molecule has 5 heteroatoms. The van der Waals surface area contributed by atoms with Crippen molar-refractivity contribution in [1.29, 1.82) is 5.26 Å². The van der Waals surface area contributed by atoms with E-state index in [9.17, 15) is 0 Å². The number of benzene rings is 1. The molecule has 0 bridgehead atoms. The smallest absolute Gasteiger partial charge is 0.168 e. The van der Waals surface area contributed by atoms with Crippen LogP contribution >= 0.6 is 28.1 Å². The summed E-state index contributed by atoms with van der Waals surface area (Å²) < 4.78 is 0.719. The molecule has 13 heavy (non-hydrogen) atoms. The van der Waals surface area contributed by atoms with Gasteiger partial charge in [0, 0.05) is 10.2 Å². The molecule has 0 atom stereocenters. The molecular formula is C8H6BrN3S. The van der Waals surface area contributed by atoms with Gasteiger partial charge in [-0.15, -0.1) is 0 Å². The predicted molar refractivity (Wildman–Crippen MR) is 59.3 cm³/mol. The minimum absolute atomic E-state index is 0.205. The maximum Gasteiger partial charge on any atom is 0.168 e. The first kappa shape index (κ1) is 9.96. The Morgan fingerprint density at radius 3 is 2.77 bits per heavy atom. The second-order valence-electron chi connectivity index (χ2n) is 2.30. The molecule has 0 aromatic heterocycles. The van der Waals surface area contributed by atoms with Gasteiger partial charge < -0.3 is 11.1 Å². The van der Waals surface area contributed by atoms with Crippen molar-refractivity contribution in [3.8, 4) is 6.07 Å². The van der Waals surface area contributed by atoms with Crippen LogP contribution in [0.5, 0.6) is 0 Å². The van der Waals surface area contributed by atoms with E-state index in [0.29, 0.717) is 5.56 Å². The fourth-order valence-electron chi connectivity index (χ4n) is 0.826. The zero-order valence-corrected chi connectivity index (χ0v) is 8.95. The van der Waals surface area contributed by atoms with Gasteiger partial charge >= 0.3 is 0 Å². The van der Waals surface area contributed by atoms with Crippen molar-refractivity contribution in [2.45, 2.75) is 0 Å². The van der Waals surface area contributed by atoms with E-state index in [4.69, 9.17) is 11.0 Å². The van der Waals surface area contributed by atoms with E-state index in [-0.39, 0.29) is 5.11 Å². The first-order valence-electron chi connectivity index (χ1n) is 3.39. The minimum atomic E-state index is 0.205. The van der Waals surface area contributed by atoms with Gasteiger partial charge in [-0.25, -0.2) is 0 Å². The quantitative estimate of drug-likeness (QED) is 0.754. The SMILES string of the molecule is N#Cc1ccc(NC(N)=S)cc1Br. The number of halogens is 1. The number of nitriles is 1. The molecule has 66 valence electrons. The van der Waals surface area contributed by atoms with Crippen LogP contribution in [0.25, 0.3) is 0 Å². The summed E-state index contributed by atoms with van der Waals surface area (Å²) in [5.74, 6) is 0. The van der Waals surface area contributed by atoms with Crippen LogP contribution in [-0.2, 0) is 0 Å². The van der Waals surface area contributed by atoms with E-state index in [2.05, 4.69) is 33.5 Å². The molecule has 1 rings (SSSR count). The third kappa shape index (κ3) is 2.68. The lowest BCUT2D eigenvalue weighted by molar-refractivity contribution is 1.46. The van der Waals surface area contributed by atoms with Gasteiger partial charge in [0.15, 0.2) is 5.11 Å². The molecule has 0 aliphatic rings. The molecule has 0 aliphatic carbocycles. The second-order valence-corrected chi connectivity index (χ2v) is 3.59. The summed E-state index contributed by atoms with van der Waals surface area (Å²) in [4.78, 5) is 0. The van der Waals surface area contributed by atoms with Gasteiger partial charge in [0.1, 0.15) is 6.07 Å². The number of nitrogens with one attached hydrogen (secondary N) is 1. The largest absolute Gasteiger partial charge is 0.376 e. The van der Waals surface area contributed by atoms with Gasteiger partial charge in [-0.05, 0) is 46.3 Å². The lowest BCUT2D eigenvalue weighted by Gasteiger charge is -2.04. The molecule has 1 aromatic rings. The number of thiocarbonyl (C=S) groups is 1. The molecular weight excluding hydrogens is 250 g/mol. The van der Waals surface area contributed by atoms with Crippen molar-refractivity contribution in [3.63, 3.8) is 0 Å². The van der Waals surface area contributed by atoms with E-state index in [1.807, 2.05) is 6.07 Å². The van der Waals surface area contributed by atoms with Crippen LogP contribution < -0.4 is 11.1 Å². The molecule has 0 saturated carbocycles. The van der Waals surface area contributed by atoms with Crippen LogP contribution in [0.2, 0.25) is 0 Å². The highest BCUT2D eigenvalue weighted by Gasteiger charge is 2.00. The van der Waals surface area contributed by atoms with Crippen LogP contribution in [0, 0.1) is 11.3 Å². The average Bonchev–Trinajstić information content (AvgIpc) is 2.03. The van der Waals surface area contributed by atoms with E-state index >= 15 is 0 Å². The normalized spacial score (nSPS) is 8.92. The van der Waals surface area contributed by atoms with E-state index in [0.717, 1.165) is 10.2 Å². The fourth-order valence-corrected chi connectivity index (χ4v) is 1.41. The molecule has 0 aliphatic heterocycles. The number of rotatable bonds is 1. The molecule has 3 nitrogen and oxygen atoms in total. The molecule has 0 amide bonds. The zero-order chi connectivity index (χ0) is 9.84. The maximum absolute atomic E-state index is 8.64. The molecule has 3 N–H and O–H groups in total. The summed E-state index contributed by atoms with van der Waals surface area (Å²) in [6, 6.07) is 7.21. The van der Waals surface area contributed by atoms with Crippen molar-refractivity contribution in [3.05, 3.63) is 28.2 Å². The summed E-state index contributed by atoms with van der Waals surface area (Å²) in [5.41, 5.74) is 6.62. The zero-order valence-electron chi connectivity index (χ0n) is 6.54. The monoisotopic (exact) mass is 255 g/mol. The van der Waals surface area contributed by atoms with E-state index < -0.39 is 0 Å². The topological polar surface area (TPSA) is 61.8 Å². The van der Waals surface area contributed by atoms with Crippen LogP contribution in [0.1, 0.15) is 5.56 Å². The number of anilines is 1. The fraction of sp³-hybridized carbons (Fsp3) is 0. The lowest BCUT2D eigenvalue weighted by Crippen LogP contribution is -2.18. The number of nitrogens with two attached hydrogens (primary N) is 1. The first-order valence-corrected chi connectivity index (χ1v) is 4.59. The molecule has 0 heterocycles. The third-order valence-electron chi connectivity index (χ3n) is 1.36. The van der Waals surface area contributed by atoms with Gasteiger partial charge in [0.25, 0.3) is 0 Å². The summed E-state index contributed by atoms with van der Waals surface area (Å²) in [6.07, 6.45) is 0. The van der Waals surface area contributed by atoms with E-state index in [1.165, 1.54) is 0 Å². The van der Waals surface area contributed by atoms with Crippen molar-refractivity contribution in [2.24, 2.45) is 5.73 Å². The lowest BCUT2D eigenvalue weighted by atomic mass is 10.2. The van der Waals surface area contributed by atoms with Crippen molar-refractivity contribution in [2.75, 3.05) is 5.32 Å². The summed E-state index contributed by atoms with van der Waals surface area (Å²) in [7, 11) is 0. The number of hydrogen-bond donors (Lipinski definition) is 2. The van der Waals surface area contributed by atoms with Crippen molar-refractivity contribution < 1.29 is 0 Å². The Morgan fingerprint density at radius 1 is 1.62 bits per heavy atom. The van der Waals surface area contributed by atoms with Crippen LogP contribution in [-0.4, -0.2) is 5.11 Å². The van der Waals surface area contributed by atoms with Crippen LogP contribution in [0.4, 0.5) is 5.69 Å². The Bertz CT molecular complexity index is 383. The highest BCUT2D eigenvalue weighted by atomic mass is 79.9. The summed E-state index contributed by atoms with van der Waals surface area (Å²) >= 11 is 7.92. The molecule has 1 aromatic carbocycles. The standard InChI is InChI=1S/C8H6BrN3S/c9-7-3-6(12-8(11)13)2-1-5(7)4-10/h1-3H,(H3,11,12,13). The Kier molecular flexibility index (Phi) is 3.23. The van der Waals surface area contributed by atoms with Crippen LogP contribution in [0.15, 0.2) is 22.7 Å². The number of nitrogens with zero attached hydrogens (tertiary/aromatic N) is 1. The Hall–Kier alpha value is -1.12. The molecule has 0 radical (unpaired) electrons. The second kappa shape index (κ2) is 4.21. The van der Waals surface area contributed by atoms with Gasteiger partial charge in [0.2, 0.25) is 0 Å². The maximum atomic E-state index is 8.64. The highest BCUT2D eigenvalue weighted by Crippen LogP contribution is 2.20. The summed E-state index contributed by atoms with van der Waals surface area (Å²) in [5, 5.41) is 11.6. The summed E-state index contributed by atoms with van der Waals surface area (Å²) in [6.45, 7) is 0. The van der Waals surface area contributed by atoms with E-state index in [1.54, 1.807) is 18.2 Å². The Labute approximate surface area is 89.7 Å². The van der Waals surface area contributed by atoms with Gasteiger partial charge in [-0.3, -0.25) is 0 Å². The number of hydrogen-bond acceptors (Lipinski definition) is 2. The molecule has 0 spiro atoms.